The standard InChI is InChI=1S/C9H10O4S/c10-7-3-1-6(2-4-7)5-9(13,14)8(11)12/h1-4,10,13-14H,5H2,(H,11,12)/t9-/m0/s1. The van der Waals surface area contributed by atoms with Gasteiger partial charge < -0.3 is 15.3 Å². The molecule has 0 aliphatic rings. The molecule has 0 bridgehead atoms. The molecule has 3 N–H and O–H groups in total. The van der Waals surface area contributed by atoms with Crippen LogP contribution in [0.3, 0.4) is 0 Å². The molecule has 1 aromatic rings. The van der Waals surface area contributed by atoms with Gasteiger partial charge in [-0.15, -0.1) is 12.6 Å². The monoisotopic (exact) mass is 214 g/mol. The van der Waals surface area contributed by atoms with Gasteiger partial charge >= 0.3 is 5.97 Å². The summed E-state index contributed by atoms with van der Waals surface area (Å²) >= 11 is 3.61. The van der Waals surface area contributed by atoms with E-state index in [2.05, 4.69) is 12.6 Å². The molecular weight excluding hydrogens is 204 g/mol. The molecular formula is C9H10O4S. The van der Waals surface area contributed by atoms with E-state index in [1.807, 2.05) is 0 Å². The highest BCUT2D eigenvalue weighted by Crippen LogP contribution is 2.19. The Bertz CT molecular complexity index is 331. The van der Waals surface area contributed by atoms with E-state index in [-0.39, 0.29) is 12.2 Å². The normalized spacial score (nSPS) is 14.7. The van der Waals surface area contributed by atoms with E-state index in [9.17, 15) is 9.90 Å². The van der Waals surface area contributed by atoms with Gasteiger partial charge in [0.1, 0.15) is 5.75 Å². The van der Waals surface area contributed by atoms with Crippen LogP contribution < -0.4 is 0 Å². The van der Waals surface area contributed by atoms with Gasteiger partial charge in [0, 0.05) is 6.42 Å². The lowest BCUT2D eigenvalue weighted by Gasteiger charge is -2.16. The first-order valence-electron chi connectivity index (χ1n) is 3.88. The van der Waals surface area contributed by atoms with Crippen molar-refractivity contribution in [2.24, 2.45) is 0 Å². The lowest BCUT2D eigenvalue weighted by molar-refractivity contribution is -0.149. The van der Waals surface area contributed by atoms with Crippen molar-refractivity contribution in [2.45, 2.75) is 11.4 Å². The first-order valence-corrected chi connectivity index (χ1v) is 4.32. The number of rotatable bonds is 3. The van der Waals surface area contributed by atoms with Crippen LogP contribution in [0, 0.1) is 0 Å². The highest BCUT2D eigenvalue weighted by Gasteiger charge is 2.31. The minimum atomic E-state index is -2.07. The first-order chi connectivity index (χ1) is 6.42. The SMILES string of the molecule is O=C(O)[C@@](O)(S)Cc1ccc(O)cc1. The molecule has 0 unspecified atom stereocenters. The quantitative estimate of drug-likeness (QED) is 0.440. The summed E-state index contributed by atoms with van der Waals surface area (Å²) in [6.07, 6.45) is -0.119. The van der Waals surface area contributed by atoms with Gasteiger partial charge in [-0.3, -0.25) is 0 Å². The molecule has 1 rings (SSSR count). The minimum Gasteiger partial charge on any atom is -0.508 e. The third kappa shape index (κ3) is 2.65. The summed E-state index contributed by atoms with van der Waals surface area (Å²) in [6, 6.07) is 5.89. The third-order valence-corrected chi connectivity index (χ3v) is 2.08. The van der Waals surface area contributed by atoms with Gasteiger partial charge in [0.2, 0.25) is 4.93 Å². The molecule has 1 aromatic carbocycles. The van der Waals surface area contributed by atoms with Crippen molar-refractivity contribution in [1.29, 1.82) is 0 Å². The fourth-order valence-corrected chi connectivity index (χ4v) is 1.16. The van der Waals surface area contributed by atoms with Gasteiger partial charge in [-0.05, 0) is 17.7 Å². The fraction of sp³-hybridized carbons (Fsp3) is 0.222. The summed E-state index contributed by atoms with van der Waals surface area (Å²) in [5.74, 6) is -1.30. The average molecular weight is 214 g/mol. The highest BCUT2D eigenvalue weighted by molar-refractivity contribution is 7.82. The second-order valence-corrected chi connectivity index (χ2v) is 3.70. The molecule has 0 amide bonds. The molecule has 0 saturated heterocycles. The number of carboxylic acids is 1. The van der Waals surface area contributed by atoms with Crippen LogP contribution in [0.4, 0.5) is 0 Å². The highest BCUT2D eigenvalue weighted by atomic mass is 32.1. The molecule has 76 valence electrons. The van der Waals surface area contributed by atoms with Gasteiger partial charge in [0.05, 0.1) is 0 Å². The van der Waals surface area contributed by atoms with Gasteiger partial charge in [0.25, 0.3) is 0 Å². The van der Waals surface area contributed by atoms with Gasteiger partial charge in [0.15, 0.2) is 0 Å². The summed E-state index contributed by atoms with van der Waals surface area (Å²) in [5, 5.41) is 26.9. The lowest BCUT2D eigenvalue weighted by atomic mass is 10.1. The molecule has 0 aromatic heterocycles. The van der Waals surface area contributed by atoms with E-state index < -0.39 is 10.9 Å². The molecule has 1 atom stereocenters. The molecule has 5 heteroatoms. The van der Waals surface area contributed by atoms with E-state index >= 15 is 0 Å². The van der Waals surface area contributed by atoms with Crippen molar-refractivity contribution >= 4 is 18.6 Å². The summed E-state index contributed by atoms with van der Waals surface area (Å²) in [7, 11) is 0. The molecule has 4 nitrogen and oxygen atoms in total. The topological polar surface area (TPSA) is 77.8 Å². The maximum absolute atomic E-state index is 10.5. The van der Waals surface area contributed by atoms with Crippen LogP contribution in [0.25, 0.3) is 0 Å². The van der Waals surface area contributed by atoms with Crippen molar-refractivity contribution in [1.82, 2.24) is 0 Å². The van der Waals surface area contributed by atoms with Crippen molar-refractivity contribution < 1.29 is 20.1 Å². The summed E-state index contributed by atoms with van der Waals surface area (Å²) < 4.78 is 0. The predicted molar refractivity (Wildman–Crippen MR) is 53.4 cm³/mol. The molecule has 0 radical (unpaired) electrons. The van der Waals surface area contributed by atoms with Crippen molar-refractivity contribution in [3.63, 3.8) is 0 Å². The number of hydrogen-bond donors (Lipinski definition) is 4. The predicted octanol–water partition coefficient (Wildman–Crippen LogP) is 0.638. The van der Waals surface area contributed by atoms with Crippen molar-refractivity contribution in [2.75, 3.05) is 0 Å². The van der Waals surface area contributed by atoms with Crippen molar-refractivity contribution in [3.05, 3.63) is 29.8 Å². The van der Waals surface area contributed by atoms with E-state index in [1.54, 1.807) is 0 Å². The van der Waals surface area contributed by atoms with Gasteiger partial charge in [-0.25, -0.2) is 4.79 Å². The van der Waals surface area contributed by atoms with Crippen LogP contribution in [0.2, 0.25) is 0 Å². The fourth-order valence-electron chi connectivity index (χ4n) is 0.974. The van der Waals surface area contributed by atoms with Crippen LogP contribution in [0.5, 0.6) is 5.75 Å². The van der Waals surface area contributed by atoms with Crippen LogP contribution in [0.1, 0.15) is 5.56 Å². The number of thiol groups is 1. The maximum Gasteiger partial charge on any atom is 0.346 e. The van der Waals surface area contributed by atoms with Gasteiger partial charge in [-0.2, -0.15) is 0 Å². The Morgan fingerprint density at radius 3 is 2.29 bits per heavy atom. The van der Waals surface area contributed by atoms with E-state index in [0.29, 0.717) is 5.56 Å². The maximum atomic E-state index is 10.5. The Labute approximate surface area is 86.2 Å². The van der Waals surface area contributed by atoms with Crippen LogP contribution in [0.15, 0.2) is 24.3 Å². The summed E-state index contributed by atoms with van der Waals surface area (Å²) in [6.45, 7) is 0. The number of carboxylic acid groups (broad SMARTS) is 1. The number of aromatic hydroxyl groups is 1. The molecule has 0 aliphatic heterocycles. The zero-order chi connectivity index (χ0) is 10.8. The molecule has 14 heavy (non-hydrogen) atoms. The number of phenolic OH excluding ortho intramolecular Hbond substituents is 1. The van der Waals surface area contributed by atoms with Crippen LogP contribution in [-0.4, -0.2) is 26.2 Å². The van der Waals surface area contributed by atoms with E-state index in [4.69, 9.17) is 10.2 Å². The van der Waals surface area contributed by atoms with E-state index in [1.165, 1.54) is 24.3 Å². The Kier molecular flexibility index (Phi) is 3.03. The Morgan fingerprint density at radius 1 is 1.36 bits per heavy atom. The smallest absolute Gasteiger partial charge is 0.346 e. The van der Waals surface area contributed by atoms with Crippen LogP contribution in [-0.2, 0) is 11.2 Å². The average Bonchev–Trinajstić information content (AvgIpc) is 2.08. The molecule has 0 heterocycles. The first kappa shape index (κ1) is 10.9. The van der Waals surface area contributed by atoms with Gasteiger partial charge in [-0.1, -0.05) is 12.1 Å². The zero-order valence-corrected chi connectivity index (χ0v) is 8.11. The number of hydrogen-bond acceptors (Lipinski definition) is 4. The number of phenols is 1. The lowest BCUT2D eigenvalue weighted by Crippen LogP contribution is -2.34. The molecule has 0 saturated carbocycles. The number of aliphatic carboxylic acids is 1. The largest absolute Gasteiger partial charge is 0.508 e. The zero-order valence-electron chi connectivity index (χ0n) is 7.21. The molecule has 0 spiro atoms. The third-order valence-electron chi connectivity index (χ3n) is 1.73. The molecule has 0 fully saturated rings. The Morgan fingerprint density at radius 2 is 1.86 bits per heavy atom. The summed E-state index contributed by atoms with van der Waals surface area (Å²) in [5.41, 5.74) is 0.586. The van der Waals surface area contributed by atoms with Crippen molar-refractivity contribution in [3.8, 4) is 5.75 Å². The number of aliphatic hydroxyl groups is 1. The van der Waals surface area contributed by atoms with E-state index in [0.717, 1.165) is 0 Å². The Balaban J connectivity index is 2.79. The second-order valence-electron chi connectivity index (χ2n) is 2.96. The number of carbonyl (C=O) groups is 1. The minimum absolute atomic E-state index is 0.0896. The Hall–Kier alpha value is -1.20. The summed E-state index contributed by atoms with van der Waals surface area (Å²) in [4.78, 5) is 8.44. The number of benzene rings is 1. The van der Waals surface area contributed by atoms with Crippen LogP contribution >= 0.6 is 12.6 Å². The second kappa shape index (κ2) is 3.89. The molecule has 0 aliphatic carbocycles.